The summed E-state index contributed by atoms with van der Waals surface area (Å²) >= 11 is 3.01. The molecule has 0 aliphatic carbocycles. The molecule has 25 heavy (non-hydrogen) atoms. The van der Waals surface area contributed by atoms with Crippen LogP contribution < -0.4 is 0 Å². The average Bonchev–Trinajstić information content (AvgIpc) is 2.86. The van der Waals surface area contributed by atoms with E-state index < -0.39 is 22.5 Å². The maximum absolute atomic E-state index is 12.5. The van der Waals surface area contributed by atoms with Crippen molar-refractivity contribution in [3.8, 4) is 0 Å². The minimum Gasteiger partial charge on any atom is -0.293 e. The molecule has 0 bridgehead atoms. The summed E-state index contributed by atoms with van der Waals surface area (Å²) in [6, 6.07) is 10.6. The second-order valence-electron chi connectivity index (χ2n) is 5.37. The number of halogens is 1. The van der Waals surface area contributed by atoms with Gasteiger partial charge in [-0.05, 0) is 17.7 Å². The Balaban J connectivity index is 2.04. The van der Waals surface area contributed by atoms with Crippen molar-refractivity contribution in [1.29, 1.82) is 0 Å². The van der Waals surface area contributed by atoms with Crippen molar-refractivity contribution in [2.45, 2.75) is 6.54 Å². The number of amides is 2. The van der Waals surface area contributed by atoms with Gasteiger partial charge in [0.25, 0.3) is 17.5 Å². The lowest BCUT2D eigenvalue weighted by Gasteiger charge is -2.16. The fourth-order valence-electron chi connectivity index (χ4n) is 2.81. The van der Waals surface area contributed by atoms with Gasteiger partial charge in [-0.3, -0.25) is 29.4 Å². The summed E-state index contributed by atoms with van der Waals surface area (Å²) < 4.78 is 0. The van der Waals surface area contributed by atoms with Gasteiger partial charge >= 0.3 is 0 Å². The molecule has 0 N–H and O–H groups in total. The van der Waals surface area contributed by atoms with E-state index in [2.05, 4.69) is 15.9 Å². The molecule has 0 saturated carbocycles. The Bertz CT molecular complexity index is 890. The highest BCUT2D eigenvalue weighted by Gasteiger charge is 2.36. The highest BCUT2D eigenvalue weighted by atomic mass is 79.9. The molecular formula is C17H11BrN2O5. The lowest BCUT2D eigenvalue weighted by molar-refractivity contribution is -0.385. The number of hydrogen-bond donors (Lipinski definition) is 0. The number of carbonyl (C=O) groups is 3. The third-order valence-corrected chi connectivity index (χ3v) is 4.44. The number of benzene rings is 2. The minimum absolute atomic E-state index is 0.0964. The van der Waals surface area contributed by atoms with E-state index in [4.69, 9.17) is 0 Å². The molecule has 2 aromatic carbocycles. The number of Topliss-reactive ketones (excluding diaryl/α,β-unsaturated/α-hetero) is 1. The fourth-order valence-corrected chi connectivity index (χ4v) is 3.09. The van der Waals surface area contributed by atoms with Gasteiger partial charge in [0.15, 0.2) is 5.78 Å². The van der Waals surface area contributed by atoms with E-state index in [-0.39, 0.29) is 39.8 Å². The molecule has 3 rings (SSSR count). The Hall–Kier alpha value is -2.87. The van der Waals surface area contributed by atoms with Crippen molar-refractivity contribution in [1.82, 2.24) is 4.90 Å². The van der Waals surface area contributed by atoms with Crippen LogP contribution in [-0.2, 0) is 6.54 Å². The standard InChI is InChI=1S/C17H11BrN2O5/c18-8-14(21)15-10(4-3-7-13(15)20(24)25)9-19-16(22)11-5-1-2-6-12(11)17(19)23/h1-7H,8-9H2. The van der Waals surface area contributed by atoms with E-state index >= 15 is 0 Å². The van der Waals surface area contributed by atoms with Gasteiger partial charge in [0.05, 0.1) is 27.9 Å². The molecule has 0 unspecified atom stereocenters. The zero-order valence-electron chi connectivity index (χ0n) is 12.8. The molecule has 0 atom stereocenters. The quantitative estimate of drug-likeness (QED) is 0.251. The second kappa shape index (κ2) is 6.56. The lowest BCUT2D eigenvalue weighted by Crippen LogP contribution is -2.30. The van der Waals surface area contributed by atoms with Crippen LogP contribution in [-0.4, -0.2) is 32.8 Å². The van der Waals surface area contributed by atoms with Crippen molar-refractivity contribution in [2.24, 2.45) is 0 Å². The topological polar surface area (TPSA) is 97.6 Å². The summed E-state index contributed by atoms with van der Waals surface area (Å²) in [5.41, 5.74) is 0.380. The SMILES string of the molecule is O=C(CBr)c1c(CN2C(=O)c3ccccc3C2=O)cccc1[N+](=O)[O-]. The maximum Gasteiger partial charge on any atom is 0.280 e. The number of hydrogen-bond acceptors (Lipinski definition) is 5. The molecule has 1 aliphatic heterocycles. The highest BCUT2D eigenvalue weighted by Crippen LogP contribution is 2.28. The van der Waals surface area contributed by atoms with Gasteiger partial charge in [0.1, 0.15) is 5.56 Å². The van der Waals surface area contributed by atoms with E-state index in [0.29, 0.717) is 0 Å². The predicted octanol–water partition coefficient (Wildman–Crippen LogP) is 2.97. The molecule has 1 aliphatic rings. The number of carbonyl (C=O) groups excluding carboxylic acids is 3. The third-order valence-electron chi connectivity index (χ3n) is 3.93. The van der Waals surface area contributed by atoms with Gasteiger partial charge in [0.2, 0.25) is 0 Å². The van der Waals surface area contributed by atoms with E-state index in [1.165, 1.54) is 18.2 Å². The molecule has 2 aromatic rings. The van der Waals surface area contributed by atoms with Crippen LogP contribution in [0.15, 0.2) is 42.5 Å². The highest BCUT2D eigenvalue weighted by molar-refractivity contribution is 9.09. The average molecular weight is 403 g/mol. The first kappa shape index (κ1) is 17.0. The monoisotopic (exact) mass is 402 g/mol. The molecule has 126 valence electrons. The third kappa shape index (κ3) is 2.85. The van der Waals surface area contributed by atoms with Crippen LogP contribution in [0.4, 0.5) is 5.69 Å². The van der Waals surface area contributed by atoms with Crippen molar-refractivity contribution < 1.29 is 19.3 Å². The molecule has 1 heterocycles. The smallest absolute Gasteiger partial charge is 0.280 e. The van der Waals surface area contributed by atoms with Gasteiger partial charge in [-0.15, -0.1) is 0 Å². The van der Waals surface area contributed by atoms with E-state index in [1.807, 2.05) is 0 Å². The van der Waals surface area contributed by atoms with Crippen molar-refractivity contribution >= 4 is 39.2 Å². The molecule has 0 saturated heterocycles. The Morgan fingerprint density at radius 2 is 1.64 bits per heavy atom. The van der Waals surface area contributed by atoms with Gasteiger partial charge in [0, 0.05) is 6.07 Å². The van der Waals surface area contributed by atoms with Crippen LogP contribution in [0.1, 0.15) is 36.6 Å². The van der Waals surface area contributed by atoms with Crippen LogP contribution >= 0.6 is 15.9 Å². The summed E-state index contributed by atoms with van der Waals surface area (Å²) in [6.45, 7) is -0.206. The summed E-state index contributed by atoms with van der Waals surface area (Å²) in [7, 11) is 0. The largest absolute Gasteiger partial charge is 0.293 e. The van der Waals surface area contributed by atoms with Crippen molar-refractivity contribution in [3.05, 3.63) is 74.8 Å². The first-order valence-electron chi connectivity index (χ1n) is 7.26. The van der Waals surface area contributed by atoms with E-state index in [9.17, 15) is 24.5 Å². The van der Waals surface area contributed by atoms with Gasteiger partial charge in [-0.2, -0.15) is 0 Å². The number of fused-ring (bicyclic) bond motifs is 1. The first-order valence-corrected chi connectivity index (χ1v) is 8.38. The molecule has 8 heteroatoms. The Kier molecular flexibility index (Phi) is 4.45. The van der Waals surface area contributed by atoms with Crippen molar-refractivity contribution in [2.75, 3.05) is 5.33 Å². The molecule has 0 radical (unpaired) electrons. The number of nitrogens with zero attached hydrogens (tertiary/aromatic N) is 2. The number of rotatable bonds is 5. The maximum atomic E-state index is 12.5. The summed E-state index contributed by atoms with van der Waals surface area (Å²) in [4.78, 5) is 48.7. The zero-order valence-corrected chi connectivity index (χ0v) is 14.4. The van der Waals surface area contributed by atoms with Crippen LogP contribution in [0.2, 0.25) is 0 Å². The molecule has 2 amide bonds. The van der Waals surface area contributed by atoms with Crippen molar-refractivity contribution in [3.63, 3.8) is 0 Å². The number of nitro groups is 1. The number of alkyl halides is 1. The molecule has 0 fully saturated rings. The molecular weight excluding hydrogens is 392 g/mol. The number of imide groups is 1. The van der Waals surface area contributed by atoms with E-state index in [1.54, 1.807) is 24.3 Å². The van der Waals surface area contributed by atoms with Crippen LogP contribution in [0, 0.1) is 10.1 Å². The second-order valence-corrected chi connectivity index (χ2v) is 5.93. The first-order chi connectivity index (χ1) is 12.0. The van der Waals surface area contributed by atoms with Crippen LogP contribution in [0.25, 0.3) is 0 Å². The van der Waals surface area contributed by atoms with Gasteiger partial charge in [-0.1, -0.05) is 40.2 Å². The number of nitro benzene ring substituents is 1. The van der Waals surface area contributed by atoms with Gasteiger partial charge in [-0.25, -0.2) is 0 Å². The summed E-state index contributed by atoms with van der Waals surface area (Å²) in [5, 5.41) is 11.1. The van der Waals surface area contributed by atoms with Crippen LogP contribution in [0.5, 0.6) is 0 Å². The summed E-state index contributed by atoms with van der Waals surface area (Å²) in [6.07, 6.45) is 0. The van der Waals surface area contributed by atoms with E-state index in [0.717, 1.165) is 4.90 Å². The predicted molar refractivity (Wildman–Crippen MR) is 91.9 cm³/mol. The zero-order chi connectivity index (χ0) is 18.1. The van der Waals surface area contributed by atoms with Crippen LogP contribution in [0.3, 0.4) is 0 Å². The minimum atomic E-state index is -0.651. The molecule has 0 aromatic heterocycles. The normalized spacial score (nSPS) is 13.1. The number of ketones is 1. The summed E-state index contributed by atoms with van der Waals surface area (Å²) in [5.74, 6) is -1.45. The lowest BCUT2D eigenvalue weighted by atomic mass is 10.0. The Morgan fingerprint density at radius 1 is 1.04 bits per heavy atom. The molecule has 7 nitrogen and oxygen atoms in total. The fraction of sp³-hybridized carbons (Fsp3) is 0.118. The van der Waals surface area contributed by atoms with Gasteiger partial charge < -0.3 is 0 Å². The Labute approximate surface area is 150 Å². The Morgan fingerprint density at radius 3 is 2.16 bits per heavy atom. The molecule has 0 spiro atoms.